The zero-order valence-corrected chi connectivity index (χ0v) is 10.9. The van der Waals surface area contributed by atoms with Gasteiger partial charge in [0.15, 0.2) is 0 Å². The molecule has 1 aliphatic rings. The number of pyridine rings is 1. The van der Waals surface area contributed by atoms with Crippen LogP contribution in [0.1, 0.15) is 49.8 Å². The smallest absolute Gasteiger partial charge is 0.131 e. The van der Waals surface area contributed by atoms with Gasteiger partial charge < -0.3 is 10.6 Å². The molecule has 0 aliphatic carbocycles. The van der Waals surface area contributed by atoms with Crippen LogP contribution in [0, 0.1) is 6.92 Å². The van der Waals surface area contributed by atoms with Gasteiger partial charge in [-0.15, -0.1) is 0 Å². The minimum Gasteiger partial charge on any atom is -0.356 e. The van der Waals surface area contributed by atoms with Gasteiger partial charge >= 0.3 is 0 Å². The maximum Gasteiger partial charge on any atom is 0.131 e. The van der Waals surface area contributed by atoms with E-state index in [2.05, 4.69) is 22.9 Å². The Morgan fingerprint density at radius 1 is 1.24 bits per heavy atom. The van der Waals surface area contributed by atoms with Gasteiger partial charge in [0.25, 0.3) is 0 Å². The van der Waals surface area contributed by atoms with E-state index in [1.54, 1.807) is 0 Å². The van der Waals surface area contributed by atoms with Gasteiger partial charge in [-0.05, 0) is 43.9 Å². The zero-order chi connectivity index (χ0) is 12.3. The van der Waals surface area contributed by atoms with E-state index in [1.165, 1.54) is 31.2 Å². The number of aromatic nitrogens is 1. The molecule has 2 heterocycles. The van der Waals surface area contributed by atoms with E-state index in [4.69, 9.17) is 5.73 Å². The van der Waals surface area contributed by atoms with Crippen LogP contribution in [0.2, 0.25) is 0 Å². The van der Waals surface area contributed by atoms with Crippen LogP contribution in [-0.4, -0.2) is 18.1 Å². The largest absolute Gasteiger partial charge is 0.356 e. The van der Waals surface area contributed by atoms with Crippen molar-refractivity contribution in [3.8, 4) is 0 Å². The molecule has 2 rings (SSSR count). The molecule has 0 amide bonds. The lowest BCUT2D eigenvalue weighted by Crippen LogP contribution is -2.26. The van der Waals surface area contributed by atoms with Crippen molar-refractivity contribution in [2.45, 2.75) is 45.6 Å². The summed E-state index contributed by atoms with van der Waals surface area (Å²) in [7, 11) is 0. The standard InChI is InChI=1S/C14H23N3/c1-11-9-13(12(2)15)10-16-14(11)17-7-5-3-4-6-8-17/h9-10,12H,3-8,15H2,1-2H3/t12-/m0/s1. The number of hydrogen-bond acceptors (Lipinski definition) is 3. The number of rotatable bonds is 2. The summed E-state index contributed by atoms with van der Waals surface area (Å²) in [5.74, 6) is 1.15. The summed E-state index contributed by atoms with van der Waals surface area (Å²) in [5, 5.41) is 0. The Morgan fingerprint density at radius 2 is 1.88 bits per heavy atom. The van der Waals surface area contributed by atoms with Crippen molar-refractivity contribution in [3.05, 3.63) is 23.4 Å². The minimum atomic E-state index is 0.0689. The van der Waals surface area contributed by atoms with Crippen molar-refractivity contribution in [1.29, 1.82) is 0 Å². The Morgan fingerprint density at radius 3 is 2.41 bits per heavy atom. The highest BCUT2D eigenvalue weighted by Crippen LogP contribution is 2.23. The predicted octanol–water partition coefficient (Wildman–Crippen LogP) is 2.79. The molecule has 0 aromatic carbocycles. The topological polar surface area (TPSA) is 42.1 Å². The lowest BCUT2D eigenvalue weighted by molar-refractivity contribution is 0.726. The number of hydrogen-bond donors (Lipinski definition) is 1. The molecule has 0 radical (unpaired) electrons. The summed E-state index contributed by atoms with van der Waals surface area (Å²) in [6.07, 6.45) is 7.21. The quantitative estimate of drug-likeness (QED) is 0.854. The number of anilines is 1. The predicted molar refractivity (Wildman–Crippen MR) is 72.3 cm³/mol. The molecular formula is C14H23N3. The van der Waals surface area contributed by atoms with Crippen LogP contribution in [0.4, 0.5) is 5.82 Å². The van der Waals surface area contributed by atoms with E-state index < -0.39 is 0 Å². The summed E-state index contributed by atoms with van der Waals surface area (Å²) in [5.41, 5.74) is 8.26. The Kier molecular flexibility index (Phi) is 4.00. The van der Waals surface area contributed by atoms with Crippen molar-refractivity contribution < 1.29 is 0 Å². The molecule has 0 saturated carbocycles. The first-order chi connectivity index (χ1) is 8.18. The lowest BCUT2D eigenvalue weighted by atomic mass is 10.1. The highest BCUT2D eigenvalue weighted by molar-refractivity contribution is 5.47. The van der Waals surface area contributed by atoms with Crippen molar-refractivity contribution in [3.63, 3.8) is 0 Å². The Labute approximate surface area is 104 Å². The van der Waals surface area contributed by atoms with Crippen molar-refractivity contribution >= 4 is 5.82 Å². The highest BCUT2D eigenvalue weighted by Gasteiger charge is 2.14. The molecule has 1 aromatic rings. The normalized spacial score (nSPS) is 18.9. The van der Waals surface area contributed by atoms with Gasteiger partial charge in [0.05, 0.1) is 0 Å². The second-order valence-corrected chi connectivity index (χ2v) is 5.10. The van der Waals surface area contributed by atoms with Crippen molar-refractivity contribution in [2.24, 2.45) is 5.73 Å². The monoisotopic (exact) mass is 233 g/mol. The van der Waals surface area contributed by atoms with Crippen molar-refractivity contribution in [2.75, 3.05) is 18.0 Å². The lowest BCUT2D eigenvalue weighted by Gasteiger charge is -2.23. The maximum atomic E-state index is 5.88. The first kappa shape index (κ1) is 12.4. The minimum absolute atomic E-state index is 0.0689. The Balaban J connectivity index is 2.19. The van der Waals surface area contributed by atoms with Crippen LogP contribution in [0.3, 0.4) is 0 Å². The molecule has 94 valence electrons. The third-order valence-electron chi connectivity index (χ3n) is 3.50. The van der Waals surface area contributed by atoms with Gasteiger partial charge in [0.1, 0.15) is 5.82 Å². The van der Waals surface area contributed by atoms with Gasteiger partial charge in [-0.25, -0.2) is 4.98 Å². The van der Waals surface area contributed by atoms with Crippen LogP contribution >= 0.6 is 0 Å². The van der Waals surface area contributed by atoms with Crippen LogP contribution in [0.25, 0.3) is 0 Å². The number of nitrogens with two attached hydrogens (primary N) is 1. The van der Waals surface area contributed by atoms with Gasteiger partial charge in [-0.3, -0.25) is 0 Å². The molecule has 1 saturated heterocycles. The molecule has 3 nitrogen and oxygen atoms in total. The molecular weight excluding hydrogens is 210 g/mol. The average molecular weight is 233 g/mol. The second-order valence-electron chi connectivity index (χ2n) is 5.10. The molecule has 17 heavy (non-hydrogen) atoms. The average Bonchev–Trinajstić information content (AvgIpc) is 2.57. The Bertz CT molecular complexity index is 366. The third-order valence-corrected chi connectivity index (χ3v) is 3.50. The summed E-state index contributed by atoms with van der Waals surface area (Å²) < 4.78 is 0. The maximum absolute atomic E-state index is 5.88. The number of aryl methyl sites for hydroxylation is 1. The van der Waals surface area contributed by atoms with Crippen LogP contribution < -0.4 is 10.6 Å². The molecule has 1 atom stereocenters. The SMILES string of the molecule is Cc1cc([C@H](C)N)cnc1N1CCCCCC1. The molecule has 1 fully saturated rings. The van der Waals surface area contributed by atoms with E-state index in [0.717, 1.165) is 24.5 Å². The molecule has 0 unspecified atom stereocenters. The van der Waals surface area contributed by atoms with Gasteiger partial charge in [-0.1, -0.05) is 12.8 Å². The molecule has 0 bridgehead atoms. The first-order valence-corrected chi connectivity index (χ1v) is 6.65. The van der Waals surface area contributed by atoms with E-state index in [0.29, 0.717) is 0 Å². The summed E-state index contributed by atoms with van der Waals surface area (Å²) in [6, 6.07) is 2.25. The van der Waals surface area contributed by atoms with E-state index in [1.807, 2.05) is 13.1 Å². The summed E-state index contributed by atoms with van der Waals surface area (Å²) in [6.45, 7) is 6.43. The summed E-state index contributed by atoms with van der Waals surface area (Å²) in [4.78, 5) is 7.03. The van der Waals surface area contributed by atoms with Gasteiger partial charge in [-0.2, -0.15) is 0 Å². The molecule has 0 spiro atoms. The van der Waals surface area contributed by atoms with E-state index >= 15 is 0 Å². The van der Waals surface area contributed by atoms with Gasteiger partial charge in [0.2, 0.25) is 0 Å². The summed E-state index contributed by atoms with van der Waals surface area (Å²) >= 11 is 0. The zero-order valence-electron chi connectivity index (χ0n) is 10.9. The van der Waals surface area contributed by atoms with Crippen molar-refractivity contribution in [1.82, 2.24) is 4.98 Å². The van der Waals surface area contributed by atoms with Crippen LogP contribution in [0.15, 0.2) is 12.3 Å². The van der Waals surface area contributed by atoms with Crippen LogP contribution in [-0.2, 0) is 0 Å². The molecule has 2 N–H and O–H groups in total. The second kappa shape index (κ2) is 5.50. The highest BCUT2D eigenvalue weighted by atomic mass is 15.2. The van der Waals surface area contributed by atoms with Gasteiger partial charge in [0, 0.05) is 25.3 Å². The molecule has 3 heteroatoms. The van der Waals surface area contributed by atoms with Crippen LogP contribution in [0.5, 0.6) is 0 Å². The fourth-order valence-electron chi connectivity index (χ4n) is 2.45. The molecule has 1 aliphatic heterocycles. The fourth-order valence-corrected chi connectivity index (χ4v) is 2.45. The number of nitrogens with zero attached hydrogens (tertiary/aromatic N) is 2. The third kappa shape index (κ3) is 2.97. The first-order valence-electron chi connectivity index (χ1n) is 6.65. The van der Waals surface area contributed by atoms with E-state index in [9.17, 15) is 0 Å². The Hall–Kier alpha value is -1.09. The fraction of sp³-hybridized carbons (Fsp3) is 0.643. The molecule has 1 aromatic heterocycles. The van der Waals surface area contributed by atoms with E-state index in [-0.39, 0.29) is 6.04 Å².